The third kappa shape index (κ3) is 5.40. The van der Waals surface area contributed by atoms with E-state index in [2.05, 4.69) is 18.1 Å². The minimum Gasteiger partial charge on any atom is -0.343 e. The Kier molecular flexibility index (Phi) is 7.74. The molecule has 23 heavy (non-hydrogen) atoms. The van der Waals surface area contributed by atoms with Crippen LogP contribution in [0, 0.1) is 5.92 Å². The Labute approximate surface area is 145 Å². The smallest absolute Gasteiger partial charge is 0.225 e. The van der Waals surface area contributed by atoms with Gasteiger partial charge in [-0.2, -0.15) is 11.8 Å². The Morgan fingerprint density at radius 3 is 2.13 bits per heavy atom. The van der Waals surface area contributed by atoms with Gasteiger partial charge in [-0.1, -0.05) is 19.8 Å². The van der Waals surface area contributed by atoms with Gasteiger partial charge in [0.05, 0.1) is 0 Å². The Balaban J connectivity index is 1.78. The van der Waals surface area contributed by atoms with Crippen molar-refractivity contribution in [2.45, 2.75) is 63.5 Å². The molecule has 0 saturated carbocycles. The minimum absolute atomic E-state index is 0.139. The fraction of sp³-hybridized carbons (Fsp3) is 0.889. The number of likely N-dealkylation sites (tertiary alicyclic amines) is 2. The molecule has 0 radical (unpaired) electrons. The molecule has 4 nitrogen and oxygen atoms in total. The molecule has 0 aromatic heterocycles. The van der Waals surface area contributed by atoms with Gasteiger partial charge >= 0.3 is 0 Å². The number of carbonyl (C=O) groups is 2. The van der Waals surface area contributed by atoms with Crippen LogP contribution in [0.5, 0.6) is 0 Å². The van der Waals surface area contributed by atoms with E-state index in [0.29, 0.717) is 17.6 Å². The maximum Gasteiger partial charge on any atom is 0.225 e. The van der Waals surface area contributed by atoms with Crippen molar-refractivity contribution >= 4 is 23.6 Å². The second kappa shape index (κ2) is 9.55. The molecule has 132 valence electrons. The predicted octanol–water partition coefficient (Wildman–Crippen LogP) is 3.16. The molecule has 2 rings (SSSR count). The number of amides is 2. The lowest BCUT2D eigenvalue weighted by atomic mass is 9.94. The molecule has 0 aromatic rings. The van der Waals surface area contributed by atoms with E-state index in [0.717, 1.165) is 58.3 Å². The van der Waals surface area contributed by atoms with Gasteiger partial charge in [-0.3, -0.25) is 9.59 Å². The summed E-state index contributed by atoms with van der Waals surface area (Å²) in [4.78, 5) is 29.1. The van der Waals surface area contributed by atoms with E-state index in [1.165, 1.54) is 12.8 Å². The normalized spacial score (nSPS) is 21.8. The van der Waals surface area contributed by atoms with Gasteiger partial charge in [0.1, 0.15) is 0 Å². The van der Waals surface area contributed by atoms with Gasteiger partial charge in [0.15, 0.2) is 0 Å². The van der Waals surface area contributed by atoms with E-state index in [1.807, 2.05) is 4.90 Å². The minimum atomic E-state index is 0.139. The summed E-state index contributed by atoms with van der Waals surface area (Å²) in [6.45, 7) is 5.52. The largest absolute Gasteiger partial charge is 0.343 e. The summed E-state index contributed by atoms with van der Waals surface area (Å²) >= 11 is 1.78. The van der Waals surface area contributed by atoms with E-state index >= 15 is 0 Å². The zero-order valence-electron chi connectivity index (χ0n) is 14.8. The lowest BCUT2D eigenvalue weighted by Crippen LogP contribution is -2.45. The SMILES string of the molecule is CCC(CC(=O)N1CCC(C(=O)N2CCCCCC2)CC1)SC. The number of rotatable bonds is 5. The monoisotopic (exact) mass is 340 g/mol. The van der Waals surface area contributed by atoms with E-state index in [-0.39, 0.29) is 11.8 Å². The first-order chi connectivity index (χ1) is 11.2. The summed E-state index contributed by atoms with van der Waals surface area (Å²) in [7, 11) is 0. The number of piperidine rings is 1. The lowest BCUT2D eigenvalue weighted by Gasteiger charge is -2.34. The highest BCUT2D eigenvalue weighted by Gasteiger charge is 2.30. The van der Waals surface area contributed by atoms with E-state index in [9.17, 15) is 9.59 Å². The van der Waals surface area contributed by atoms with Gasteiger partial charge in [-0.25, -0.2) is 0 Å². The summed E-state index contributed by atoms with van der Waals surface area (Å²) in [5.74, 6) is 0.751. The van der Waals surface area contributed by atoms with Crippen molar-refractivity contribution in [1.82, 2.24) is 9.80 Å². The highest BCUT2D eigenvalue weighted by Crippen LogP contribution is 2.23. The van der Waals surface area contributed by atoms with Crippen molar-refractivity contribution in [2.24, 2.45) is 5.92 Å². The van der Waals surface area contributed by atoms with Crippen LogP contribution in [0.15, 0.2) is 0 Å². The Morgan fingerprint density at radius 1 is 1.00 bits per heavy atom. The molecule has 0 aliphatic carbocycles. The molecule has 2 fully saturated rings. The van der Waals surface area contributed by atoms with Gasteiger partial charge in [0, 0.05) is 43.8 Å². The molecule has 2 heterocycles. The van der Waals surface area contributed by atoms with Gasteiger partial charge in [0.2, 0.25) is 11.8 Å². The molecular formula is C18H32N2O2S. The number of carbonyl (C=O) groups excluding carboxylic acids is 2. The molecule has 0 N–H and O–H groups in total. The zero-order valence-corrected chi connectivity index (χ0v) is 15.6. The van der Waals surface area contributed by atoms with Crippen molar-refractivity contribution in [3.05, 3.63) is 0 Å². The molecular weight excluding hydrogens is 308 g/mol. The molecule has 0 spiro atoms. The zero-order chi connectivity index (χ0) is 16.7. The molecule has 0 aromatic carbocycles. The van der Waals surface area contributed by atoms with Crippen molar-refractivity contribution in [2.75, 3.05) is 32.4 Å². The quantitative estimate of drug-likeness (QED) is 0.772. The molecule has 2 saturated heterocycles. The van der Waals surface area contributed by atoms with Crippen LogP contribution in [0.4, 0.5) is 0 Å². The van der Waals surface area contributed by atoms with E-state index in [1.54, 1.807) is 11.8 Å². The second-order valence-corrected chi connectivity index (χ2v) is 8.00. The summed E-state index contributed by atoms with van der Waals surface area (Å²) in [6, 6.07) is 0. The van der Waals surface area contributed by atoms with Crippen LogP contribution in [0.25, 0.3) is 0 Å². The number of thioether (sulfide) groups is 1. The fourth-order valence-corrected chi connectivity index (χ4v) is 4.29. The molecule has 1 unspecified atom stereocenters. The van der Waals surface area contributed by atoms with Gasteiger partial charge in [0.25, 0.3) is 0 Å². The molecule has 0 bridgehead atoms. The number of hydrogen-bond acceptors (Lipinski definition) is 3. The molecule has 2 aliphatic heterocycles. The standard InChI is InChI=1S/C18H32N2O2S/c1-3-16(23-2)14-17(21)19-12-8-15(9-13-19)18(22)20-10-6-4-5-7-11-20/h15-16H,3-14H2,1-2H3. The highest BCUT2D eigenvalue weighted by molar-refractivity contribution is 7.99. The molecule has 1 atom stereocenters. The van der Waals surface area contributed by atoms with Crippen LogP contribution < -0.4 is 0 Å². The fourth-order valence-electron chi connectivity index (χ4n) is 3.64. The summed E-state index contributed by atoms with van der Waals surface area (Å²) in [5.41, 5.74) is 0. The maximum absolute atomic E-state index is 12.7. The lowest BCUT2D eigenvalue weighted by molar-refractivity contribution is -0.140. The van der Waals surface area contributed by atoms with Crippen LogP contribution in [-0.4, -0.2) is 59.3 Å². The maximum atomic E-state index is 12.7. The second-order valence-electron chi connectivity index (χ2n) is 6.86. The van der Waals surface area contributed by atoms with E-state index in [4.69, 9.17) is 0 Å². The van der Waals surface area contributed by atoms with Gasteiger partial charge < -0.3 is 9.80 Å². The van der Waals surface area contributed by atoms with Gasteiger partial charge in [-0.05, 0) is 38.4 Å². The summed E-state index contributed by atoms with van der Waals surface area (Å²) in [5, 5.41) is 0.430. The molecule has 2 aliphatic rings. The van der Waals surface area contributed by atoms with Crippen LogP contribution >= 0.6 is 11.8 Å². The summed E-state index contributed by atoms with van der Waals surface area (Å²) < 4.78 is 0. The number of nitrogens with zero attached hydrogens (tertiary/aromatic N) is 2. The average Bonchev–Trinajstić information content (AvgIpc) is 2.88. The first-order valence-corrected chi connectivity index (χ1v) is 10.5. The van der Waals surface area contributed by atoms with Crippen LogP contribution in [0.3, 0.4) is 0 Å². The van der Waals surface area contributed by atoms with Crippen LogP contribution in [0.1, 0.15) is 58.3 Å². The number of hydrogen-bond donors (Lipinski definition) is 0. The van der Waals surface area contributed by atoms with Crippen LogP contribution in [-0.2, 0) is 9.59 Å². The van der Waals surface area contributed by atoms with Crippen molar-refractivity contribution in [1.29, 1.82) is 0 Å². The Morgan fingerprint density at radius 2 is 1.61 bits per heavy atom. The van der Waals surface area contributed by atoms with E-state index < -0.39 is 0 Å². The first-order valence-electron chi connectivity index (χ1n) is 9.25. The summed E-state index contributed by atoms with van der Waals surface area (Å²) in [6.07, 6.45) is 10.3. The average molecular weight is 341 g/mol. The topological polar surface area (TPSA) is 40.6 Å². The third-order valence-electron chi connectivity index (χ3n) is 5.31. The third-order valence-corrected chi connectivity index (χ3v) is 6.47. The van der Waals surface area contributed by atoms with Crippen molar-refractivity contribution in [3.63, 3.8) is 0 Å². The van der Waals surface area contributed by atoms with Crippen LogP contribution in [0.2, 0.25) is 0 Å². The van der Waals surface area contributed by atoms with Crippen molar-refractivity contribution < 1.29 is 9.59 Å². The Bertz CT molecular complexity index is 382. The first kappa shape index (κ1) is 18.6. The van der Waals surface area contributed by atoms with Crippen molar-refractivity contribution in [3.8, 4) is 0 Å². The molecule has 2 amide bonds. The molecule has 5 heteroatoms. The Hall–Kier alpha value is -0.710. The van der Waals surface area contributed by atoms with Gasteiger partial charge in [-0.15, -0.1) is 0 Å². The predicted molar refractivity (Wildman–Crippen MR) is 96.6 cm³/mol. The highest BCUT2D eigenvalue weighted by atomic mass is 32.2.